The molecule has 18 heavy (non-hydrogen) atoms. The molecule has 96 valence electrons. The number of terminal acetylenes is 1. The number of carbonyl (C=O) groups excluding carboxylic acids is 1. The Morgan fingerprint density at radius 1 is 1.56 bits per heavy atom. The second-order valence-corrected chi connectivity index (χ2v) is 3.47. The number of rotatable bonds is 5. The molecule has 0 aliphatic heterocycles. The molecule has 1 aromatic rings. The molecule has 0 aliphatic carbocycles. The Bertz CT molecular complexity index is 465. The summed E-state index contributed by atoms with van der Waals surface area (Å²) < 4.78 is 9.61. The molecule has 5 heteroatoms. The average Bonchev–Trinajstić information content (AvgIpc) is 2.39. The van der Waals surface area contributed by atoms with Crippen LogP contribution in [-0.2, 0) is 9.53 Å². The van der Waals surface area contributed by atoms with Crippen LogP contribution in [-0.4, -0.2) is 31.8 Å². The van der Waals surface area contributed by atoms with Crippen LogP contribution in [0.5, 0.6) is 11.5 Å². The third-order valence-corrected chi connectivity index (χ3v) is 2.38. The first-order valence-electron chi connectivity index (χ1n) is 5.25. The van der Waals surface area contributed by atoms with E-state index in [1.54, 1.807) is 12.1 Å². The Labute approximate surface area is 106 Å². The third-order valence-electron chi connectivity index (χ3n) is 2.38. The van der Waals surface area contributed by atoms with Crippen LogP contribution >= 0.6 is 0 Å². The first-order valence-corrected chi connectivity index (χ1v) is 5.25. The second kappa shape index (κ2) is 6.52. The van der Waals surface area contributed by atoms with Crippen molar-refractivity contribution in [1.29, 1.82) is 0 Å². The van der Waals surface area contributed by atoms with E-state index < -0.39 is 12.0 Å². The van der Waals surface area contributed by atoms with Crippen LogP contribution in [0.1, 0.15) is 11.6 Å². The number of ether oxygens (including phenoxy) is 2. The summed E-state index contributed by atoms with van der Waals surface area (Å²) in [4.78, 5) is 11.6. The molecule has 0 fully saturated rings. The topological polar surface area (TPSA) is 67.8 Å². The molecule has 0 bridgehead atoms. The third kappa shape index (κ3) is 3.15. The van der Waals surface area contributed by atoms with Crippen molar-refractivity contribution in [1.82, 2.24) is 5.32 Å². The number of aromatic hydroxyl groups is 1. The number of esters is 1. The largest absolute Gasteiger partial charge is 0.504 e. The molecule has 2 N–H and O–H groups in total. The van der Waals surface area contributed by atoms with E-state index in [0.717, 1.165) is 0 Å². The molecule has 0 heterocycles. The molecule has 1 aromatic carbocycles. The number of carbonyl (C=O) groups is 1. The van der Waals surface area contributed by atoms with Crippen molar-refractivity contribution < 1.29 is 19.4 Å². The zero-order valence-electron chi connectivity index (χ0n) is 10.3. The summed E-state index contributed by atoms with van der Waals surface area (Å²) in [5.41, 5.74) is 0.551. The lowest BCUT2D eigenvalue weighted by Gasteiger charge is -2.16. The second-order valence-electron chi connectivity index (χ2n) is 3.47. The van der Waals surface area contributed by atoms with Gasteiger partial charge in [-0.25, -0.2) is 4.79 Å². The van der Waals surface area contributed by atoms with Crippen LogP contribution < -0.4 is 10.1 Å². The summed E-state index contributed by atoms with van der Waals surface area (Å²) in [6.07, 6.45) is 5.14. The number of phenols is 1. The van der Waals surface area contributed by atoms with Crippen LogP contribution in [0.4, 0.5) is 0 Å². The van der Waals surface area contributed by atoms with E-state index in [9.17, 15) is 9.90 Å². The minimum atomic E-state index is -0.720. The predicted molar refractivity (Wildman–Crippen MR) is 66.3 cm³/mol. The van der Waals surface area contributed by atoms with E-state index in [2.05, 4.69) is 16.0 Å². The molecule has 0 amide bonds. The Balaban J connectivity index is 3.02. The smallest absolute Gasteiger partial charge is 0.327 e. The zero-order valence-corrected chi connectivity index (χ0v) is 10.3. The van der Waals surface area contributed by atoms with Gasteiger partial charge in [-0.3, -0.25) is 5.32 Å². The van der Waals surface area contributed by atoms with Gasteiger partial charge in [0.1, 0.15) is 6.04 Å². The molecule has 0 aromatic heterocycles. The van der Waals surface area contributed by atoms with E-state index in [1.807, 2.05) is 0 Å². The van der Waals surface area contributed by atoms with Gasteiger partial charge in [-0.15, -0.1) is 6.42 Å². The maximum atomic E-state index is 11.6. The highest BCUT2D eigenvalue weighted by Crippen LogP contribution is 2.29. The minimum absolute atomic E-state index is 0.0496. The monoisotopic (exact) mass is 249 g/mol. The lowest BCUT2D eigenvalue weighted by Crippen LogP contribution is -2.29. The summed E-state index contributed by atoms with van der Waals surface area (Å²) in [6.45, 7) is 0.215. The molecular formula is C13H15NO4. The molecule has 5 nitrogen and oxygen atoms in total. The average molecular weight is 249 g/mol. The zero-order chi connectivity index (χ0) is 13.5. The van der Waals surface area contributed by atoms with Gasteiger partial charge in [-0.1, -0.05) is 12.0 Å². The Kier molecular flexibility index (Phi) is 5.03. The van der Waals surface area contributed by atoms with Gasteiger partial charge in [0, 0.05) is 0 Å². The highest BCUT2D eigenvalue weighted by Gasteiger charge is 2.21. The Hall–Kier alpha value is -2.19. The molecular weight excluding hydrogens is 234 g/mol. The van der Waals surface area contributed by atoms with Crippen LogP contribution in [0, 0.1) is 12.3 Å². The number of phenolic OH excluding ortho intramolecular Hbond substituents is 1. The van der Waals surface area contributed by atoms with Gasteiger partial charge >= 0.3 is 5.97 Å². The predicted octanol–water partition coefficient (Wildman–Crippen LogP) is 0.838. The molecule has 1 atom stereocenters. The van der Waals surface area contributed by atoms with Crippen molar-refractivity contribution in [3.8, 4) is 23.8 Å². The van der Waals surface area contributed by atoms with Gasteiger partial charge in [-0.05, 0) is 17.7 Å². The lowest BCUT2D eigenvalue weighted by molar-refractivity contribution is -0.143. The fourth-order valence-electron chi connectivity index (χ4n) is 1.50. The number of hydrogen-bond acceptors (Lipinski definition) is 5. The van der Waals surface area contributed by atoms with Crippen molar-refractivity contribution in [3.63, 3.8) is 0 Å². The summed E-state index contributed by atoms with van der Waals surface area (Å²) in [5, 5.41) is 12.5. The van der Waals surface area contributed by atoms with Crippen LogP contribution in [0.15, 0.2) is 18.2 Å². The number of hydrogen-bond donors (Lipinski definition) is 2. The van der Waals surface area contributed by atoms with Crippen LogP contribution in [0.25, 0.3) is 0 Å². The maximum absolute atomic E-state index is 11.6. The molecule has 0 radical (unpaired) electrons. The quantitative estimate of drug-likeness (QED) is 0.598. The van der Waals surface area contributed by atoms with Crippen LogP contribution in [0.3, 0.4) is 0 Å². The first kappa shape index (κ1) is 13.9. The van der Waals surface area contributed by atoms with Crippen molar-refractivity contribution in [3.05, 3.63) is 23.8 Å². The fraction of sp³-hybridized carbons (Fsp3) is 0.308. The van der Waals surface area contributed by atoms with Gasteiger partial charge in [0.25, 0.3) is 0 Å². The van der Waals surface area contributed by atoms with Gasteiger partial charge in [0.15, 0.2) is 11.5 Å². The van der Waals surface area contributed by atoms with Crippen LogP contribution in [0.2, 0.25) is 0 Å². The van der Waals surface area contributed by atoms with E-state index in [1.165, 1.54) is 20.3 Å². The first-order chi connectivity index (χ1) is 8.63. The number of benzene rings is 1. The normalized spacial score (nSPS) is 11.4. The summed E-state index contributed by atoms with van der Waals surface area (Å²) in [5.74, 6) is 2.18. The maximum Gasteiger partial charge on any atom is 0.327 e. The molecule has 1 unspecified atom stereocenters. The Morgan fingerprint density at radius 2 is 2.28 bits per heavy atom. The SMILES string of the molecule is C#CCNC(C(=O)OC)c1ccc(OC)c(O)c1. The molecule has 0 aliphatic rings. The summed E-state index contributed by atoms with van der Waals surface area (Å²) >= 11 is 0. The fourth-order valence-corrected chi connectivity index (χ4v) is 1.50. The minimum Gasteiger partial charge on any atom is -0.504 e. The molecule has 0 saturated heterocycles. The van der Waals surface area contributed by atoms with Gasteiger partial charge in [0.2, 0.25) is 0 Å². The number of nitrogens with one attached hydrogen (secondary N) is 1. The lowest BCUT2D eigenvalue weighted by atomic mass is 10.1. The molecule has 0 spiro atoms. The molecule has 1 rings (SSSR count). The standard InChI is InChI=1S/C13H15NO4/c1-4-7-14-12(13(16)18-3)9-5-6-11(17-2)10(15)8-9/h1,5-6,8,12,14-15H,7H2,2-3H3. The van der Waals surface area contributed by atoms with E-state index in [4.69, 9.17) is 11.2 Å². The van der Waals surface area contributed by atoms with Gasteiger partial charge < -0.3 is 14.6 Å². The molecule has 0 saturated carbocycles. The highest BCUT2D eigenvalue weighted by molar-refractivity contribution is 5.78. The van der Waals surface area contributed by atoms with Crippen molar-refractivity contribution >= 4 is 5.97 Å². The Morgan fingerprint density at radius 3 is 2.78 bits per heavy atom. The van der Waals surface area contributed by atoms with E-state index in [0.29, 0.717) is 11.3 Å². The summed E-state index contributed by atoms with van der Waals surface area (Å²) in [7, 11) is 2.74. The highest BCUT2D eigenvalue weighted by atomic mass is 16.5. The van der Waals surface area contributed by atoms with Crippen molar-refractivity contribution in [2.45, 2.75) is 6.04 Å². The van der Waals surface area contributed by atoms with E-state index >= 15 is 0 Å². The van der Waals surface area contributed by atoms with Gasteiger partial charge in [-0.2, -0.15) is 0 Å². The van der Waals surface area contributed by atoms with E-state index in [-0.39, 0.29) is 12.3 Å². The number of methoxy groups -OCH3 is 2. The summed E-state index contributed by atoms with van der Waals surface area (Å²) in [6, 6.07) is 3.94. The van der Waals surface area contributed by atoms with Crippen molar-refractivity contribution in [2.75, 3.05) is 20.8 Å². The van der Waals surface area contributed by atoms with Crippen molar-refractivity contribution in [2.24, 2.45) is 0 Å². The van der Waals surface area contributed by atoms with Gasteiger partial charge in [0.05, 0.1) is 20.8 Å².